The number of benzene rings is 1. The van der Waals surface area contributed by atoms with Gasteiger partial charge in [0.2, 0.25) is 0 Å². The lowest BCUT2D eigenvalue weighted by Crippen LogP contribution is -2.13. The highest BCUT2D eigenvalue weighted by atomic mass is 16.5. The molecule has 4 heteroatoms. The van der Waals surface area contributed by atoms with Crippen LogP contribution in [0.2, 0.25) is 0 Å². The van der Waals surface area contributed by atoms with E-state index in [1.54, 1.807) is 0 Å². The number of nitrogens with zero attached hydrogens (tertiary/aromatic N) is 1. The Hall–Kier alpha value is -2.07. The van der Waals surface area contributed by atoms with Crippen molar-refractivity contribution in [3.63, 3.8) is 0 Å². The van der Waals surface area contributed by atoms with Crippen molar-refractivity contribution >= 4 is 0 Å². The van der Waals surface area contributed by atoms with Crippen LogP contribution in [-0.4, -0.2) is 18.2 Å². The fourth-order valence-electron chi connectivity index (χ4n) is 2.11. The van der Waals surface area contributed by atoms with Crippen LogP contribution < -0.4 is 14.8 Å². The molecule has 22 heavy (non-hydrogen) atoms. The fraction of sp³-hybridized carbons (Fsp3) is 0.389. The van der Waals surface area contributed by atoms with Gasteiger partial charge < -0.3 is 14.8 Å². The molecule has 0 bridgehead atoms. The Morgan fingerprint density at radius 3 is 2.41 bits per heavy atom. The molecule has 0 saturated carbocycles. The Bertz CT molecular complexity index is 558. The van der Waals surface area contributed by atoms with Crippen LogP contribution >= 0.6 is 0 Å². The third-order valence-corrected chi connectivity index (χ3v) is 3.18. The summed E-state index contributed by atoms with van der Waals surface area (Å²) in [5, 5.41) is 3.43. The zero-order valence-electron chi connectivity index (χ0n) is 13.3. The average molecular weight is 300 g/mol. The van der Waals surface area contributed by atoms with Crippen molar-refractivity contribution in [2.45, 2.75) is 33.4 Å². The molecule has 0 aliphatic rings. The van der Waals surface area contributed by atoms with E-state index in [1.165, 1.54) is 11.1 Å². The van der Waals surface area contributed by atoms with Crippen LogP contribution in [0.25, 0.3) is 0 Å². The van der Waals surface area contributed by atoms with Gasteiger partial charge in [-0.25, -0.2) is 0 Å². The number of nitrogens with one attached hydrogen (secondary N) is 1. The Morgan fingerprint density at radius 1 is 0.909 bits per heavy atom. The van der Waals surface area contributed by atoms with E-state index in [2.05, 4.69) is 23.3 Å². The van der Waals surface area contributed by atoms with E-state index >= 15 is 0 Å². The summed E-state index contributed by atoms with van der Waals surface area (Å²) in [7, 11) is 0. The molecule has 0 amide bonds. The van der Waals surface area contributed by atoms with Crippen molar-refractivity contribution < 1.29 is 9.47 Å². The lowest BCUT2D eigenvalue weighted by atomic mass is 10.2. The predicted octanol–water partition coefficient (Wildman–Crippen LogP) is 3.56. The largest absolute Gasteiger partial charge is 0.490 e. The molecule has 1 heterocycles. The Labute approximate surface area is 132 Å². The summed E-state index contributed by atoms with van der Waals surface area (Å²) in [6, 6.07) is 10.1. The highest BCUT2D eigenvalue weighted by Gasteiger charge is 2.06. The fourth-order valence-corrected chi connectivity index (χ4v) is 2.11. The van der Waals surface area contributed by atoms with Crippen LogP contribution in [0.3, 0.4) is 0 Å². The molecule has 0 aliphatic carbocycles. The van der Waals surface area contributed by atoms with E-state index < -0.39 is 0 Å². The van der Waals surface area contributed by atoms with Crippen molar-refractivity contribution in [1.82, 2.24) is 10.3 Å². The van der Waals surface area contributed by atoms with Gasteiger partial charge in [0.1, 0.15) is 0 Å². The smallest absolute Gasteiger partial charge is 0.161 e. The third kappa shape index (κ3) is 5.04. The molecule has 1 aromatic carbocycles. The number of ether oxygens (including phenoxy) is 2. The first-order valence-corrected chi connectivity index (χ1v) is 7.81. The summed E-state index contributed by atoms with van der Waals surface area (Å²) in [5.74, 6) is 1.64. The Balaban J connectivity index is 1.94. The van der Waals surface area contributed by atoms with Gasteiger partial charge in [-0.2, -0.15) is 0 Å². The maximum Gasteiger partial charge on any atom is 0.161 e. The maximum atomic E-state index is 5.72. The summed E-state index contributed by atoms with van der Waals surface area (Å²) >= 11 is 0. The van der Waals surface area contributed by atoms with Gasteiger partial charge in [-0.1, -0.05) is 13.0 Å². The number of hydrogen-bond acceptors (Lipinski definition) is 4. The SMILES string of the molecule is CCCOc1ccc(CNCc2ccncc2)cc1OCC. The normalized spacial score (nSPS) is 10.5. The monoisotopic (exact) mass is 300 g/mol. The van der Waals surface area contributed by atoms with Crippen LogP contribution in [0, 0.1) is 0 Å². The summed E-state index contributed by atoms with van der Waals surface area (Å²) in [4.78, 5) is 4.02. The van der Waals surface area contributed by atoms with E-state index in [0.717, 1.165) is 31.0 Å². The van der Waals surface area contributed by atoms with E-state index in [1.807, 2.05) is 43.6 Å². The average Bonchev–Trinajstić information content (AvgIpc) is 2.55. The third-order valence-electron chi connectivity index (χ3n) is 3.18. The van der Waals surface area contributed by atoms with E-state index in [9.17, 15) is 0 Å². The molecule has 0 atom stereocenters. The zero-order valence-corrected chi connectivity index (χ0v) is 13.3. The van der Waals surface area contributed by atoms with Gasteiger partial charge in [0.15, 0.2) is 11.5 Å². The van der Waals surface area contributed by atoms with Gasteiger partial charge in [-0.05, 0) is 48.7 Å². The minimum absolute atomic E-state index is 0.635. The van der Waals surface area contributed by atoms with Crippen molar-refractivity contribution in [1.29, 1.82) is 0 Å². The minimum atomic E-state index is 0.635. The second-order valence-electron chi connectivity index (χ2n) is 5.02. The second kappa shape index (κ2) is 9.05. The number of rotatable bonds is 9. The summed E-state index contributed by atoms with van der Waals surface area (Å²) in [6.07, 6.45) is 4.61. The molecule has 2 aromatic rings. The molecular formula is C18H24N2O2. The second-order valence-corrected chi connectivity index (χ2v) is 5.02. The van der Waals surface area contributed by atoms with Gasteiger partial charge >= 0.3 is 0 Å². The zero-order chi connectivity index (χ0) is 15.6. The van der Waals surface area contributed by atoms with Gasteiger partial charge in [0.05, 0.1) is 13.2 Å². The van der Waals surface area contributed by atoms with Gasteiger partial charge in [-0.15, -0.1) is 0 Å². The minimum Gasteiger partial charge on any atom is -0.490 e. The van der Waals surface area contributed by atoms with Crippen LogP contribution in [-0.2, 0) is 13.1 Å². The Kier molecular flexibility index (Phi) is 6.71. The lowest BCUT2D eigenvalue weighted by Gasteiger charge is -2.13. The first kappa shape index (κ1) is 16.3. The molecule has 4 nitrogen and oxygen atoms in total. The van der Waals surface area contributed by atoms with Crippen LogP contribution in [0.4, 0.5) is 0 Å². The maximum absolute atomic E-state index is 5.72. The number of hydrogen-bond donors (Lipinski definition) is 1. The van der Waals surface area contributed by atoms with Crippen molar-refractivity contribution in [3.05, 3.63) is 53.9 Å². The summed E-state index contributed by atoms with van der Waals surface area (Å²) in [6.45, 7) is 7.03. The highest BCUT2D eigenvalue weighted by Crippen LogP contribution is 2.28. The topological polar surface area (TPSA) is 43.4 Å². The predicted molar refractivity (Wildman–Crippen MR) is 88.2 cm³/mol. The van der Waals surface area contributed by atoms with Gasteiger partial charge in [0.25, 0.3) is 0 Å². The van der Waals surface area contributed by atoms with Crippen molar-refractivity contribution in [2.75, 3.05) is 13.2 Å². The first-order chi connectivity index (χ1) is 10.8. The number of aromatic nitrogens is 1. The molecule has 0 radical (unpaired) electrons. The van der Waals surface area contributed by atoms with Crippen molar-refractivity contribution in [3.8, 4) is 11.5 Å². The van der Waals surface area contributed by atoms with Gasteiger partial charge in [0, 0.05) is 25.5 Å². The van der Waals surface area contributed by atoms with Crippen LogP contribution in [0.1, 0.15) is 31.4 Å². The molecule has 2 rings (SSSR count). The van der Waals surface area contributed by atoms with E-state index in [0.29, 0.717) is 13.2 Å². The van der Waals surface area contributed by atoms with Crippen LogP contribution in [0.5, 0.6) is 11.5 Å². The Morgan fingerprint density at radius 2 is 1.68 bits per heavy atom. The van der Waals surface area contributed by atoms with Crippen LogP contribution in [0.15, 0.2) is 42.7 Å². The lowest BCUT2D eigenvalue weighted by molar-refractivity contribution is 0.276. The first-order valence-electron chi connectivity index (χ1n) is 7.81. The van der Waals surface area contributed by atoms with E-state index in [4.69, 9.17) is 9.47 Å². The number of pyridine rings is 1. The van der Waals surface area contributed by atoms with E-state index in [-0.39, 0.29) is 0 Å². The molecule has 0 fully saturated rings. The molecule has 0 aliphatic heterocycles. The molecule has 0 saturated heterocycles. The highest BCUT2D eigenvalue weighted by molar-refractivity contribution is 5.43. The summed E-state index contributed by atoms with van der Waals surface area (Å²) in [5.41, 5.74) is 2.41. The molecule has 1 aromatic heterocycles. The van der Waals surface area contributed by atoms with Crippen molar-refractivity contribution in [2.24, 2.45) is 0 Å². The molecule has 1 N–H and O–H groups in total. The molecular weight excluding hydrogens is 276 g/mol. The summed E-state index contributed by atoms with van der Waals surface area (Å²) < 4.78 is 11.4. The van der Waals surface area contributed by atoms with Gasteiger partial charge in [-0.3, -0.25) is 4.98 Å². The molecule has 118 valence electrons. The molecule has 0 unspecified atom stereocenters. The quantitative estimate of drug-likeness (QED) is 0.769. The standard InChI is InChI=1S/C18H24N2O2/c1-3-11-22-17-6-5-16(12-18(17)21-4-2)14-20-13-15-7-9-19-10-8-15/h5-10,12,20H,3-4,11,13-14H2,1-2H3. The molecule has 0 spiro atoms.